The van der Waals surface area contributed by atoms with E-state index in [9.17, 15) is 0 Å². The molecule has 1 atom stereocenters. The molecule has 2 aromatic rings. The van der Waals surface area contributed by atoms with E-state index in [0.717, 1.165) is 6.42 Å². The zero-order valence-electron chi connectivity index (χ0n) is 10.5. The van der Waals surface area contributed by atoms with E-state index >= 15 is 0 Å². The Labute approximate surface area is 109 Å². The van der Waals surface area contributed by atoms with Gasteiger partial charge in [0.15, 0.2) is 0 Å². The minimum Gasteiger partial charge on any atom is -0.102 e. The van der Waals surface area contributed by atoms with Crippen LogP contribution in [0.1, 0.15) is 22.6 Å². The third-order valence-electron chi connectivity index (χ3n) is 3.20. The van der Waals surface area contributed by atoms with E-state index in [-0.39, 0.29) is 0 Å². The maximum atomic E-state index is 3.97. The predicted octanol–water partition coefficient (Wildman–Crippen LogP) is 4.84. The Bertz CT molecular complexity index is 523. The van der Waals surface area contributed by atoms with Gasteiger partial charge in [-0.3, -0.25) is 0 Å². The molecule has 90 valence electrons. The predicted molar refractivity (Wildman–Crippen MR) is 79.6 cm³/mol. The Morgan fingerprint density at radius 1 is 0.889 bits per heavy atom. The molecule has 0 amide bonds. The molecule has 0 aromatic heterocycles. The number of hydrogen-bond acceptors (Lipinski definition) is 0. The summed E-state index contributed by atoms with van der Waals surface area (Å²) in [6.45, 7) is 7.86. The van der Waals surface area contributed by atoms with Crippen LogP contribution in [0.15, 0.2) is 73.8 Å². The Morgan fingerprint density at radius 3 is 2.22 bits per heavy atom. The summed E-state index contributed by atoms with van der Waals surface area (Å²) in [6, 6.07) is 18.9. The minimum atomic E-state index is 0.335. The van der Waals surface area contributed by atoms with Gasteiger partial charge in [-0.1, -0.05) is 73.3 Å². The third-order valence-corrected chi connectivity index (χ3v) is 3.20. The highest BCUT2D eigenvalue weighted by molar-refractivity contribution is 5.53. The van der Waals surface area contributed by atoms with E-state index in [0.29, 0.717) is 5.92 Å². The van der Waals surface area contributed by atoms with Crippen molar-refractivity contribution in [3.63, 3.8) is 0 Å². The molecule has 2 rings (SSSR count). The molecule has 0 aliphatic heterocycles. The maximum absolute atomic E-state index is 3.97. The standard InChI is InChI=1S/C18H18/c1-3-16-12-8-9-13-18(16)17(4-2)14-15-10-6-5-7-11-15/h3-13,17H,1-2,14H2. The van der Waals surface area contributed by atoms with E-state index in [1.165, 1.54) is 16.7 Å². The van der Waals surface area contributed by atoms with Gasteiger partial charge in [0, 0.05) is 5.92 Å². The van der Waals surface area contributed by atoms with Crippen LogP contribution >= 0.6 is 0 Å². The molecule has 0 aliphatic rings. The molecular formula is C18H18. The second kappa shape index (κ2) is 6.02. The fourth-order valence-corrected chi connectivity index (χ4v) is 2.22. The molecule has 0 fully saturated rings. The largest absolute Gasteiger partial charge is 0.102 e. The van der Waals surface area contributed by atoms with Crippen molar-refractivity contribution in [2.24, 2.45) is 0 Å². The zero-order chi connectivity index (χ0) is 12.8. The van der Waals surface area contributed by atoms with Gasteiger partial charge in [-0.15, -0.1) is 6.58 Å². The molecule has 0 aliphatic carbocycles. The summed E-state index contributed by atoms with van der Waals surface area (Å²) < 4.78 is 0. The average molecular weight is 234 g/mol. The van der Waals surface area contributed by atoms with Crippen LogP contribution in [0, 0.1) is 0 Å². The van der Waals surface area contributed by atoms with Crippen molar-refractivity contribution < 1.29 is 0 Å². The van der Waals surface area contributed by atoms with Crippen molar-refractivity contribution >= 4 is 6.08 Å². The van der Waals surface area contributed by atoms with Gasteiger partial charge in [0.05, 0.1) is 0 Å². The van der Waals surface area contributed by atoms with Gasteiger partial charge in [-0.2, -0.15) is 0 Å². The number of hydrogen-bond donors (Lipinski definition) is 0. The third kappa shape index (κ3) is 2.78. The summed E-state index contributed by atoms with van der Waals surface area (Å²) in [5.41, 5.74) is 3.82. The van der Waals surface area contributed by atoms with E-state index in [4.69, 9.17) is 0 Å². The van der Waals surface area contributed by atoms with Crippen molar-refractivity contribution in [3.8, 4) is 0 Å². The first kappa shape index (κ1) is 12.4. The van der Waals surface area contributed by atoms with Crippen LogP contribution < -0.4 is 0 Å². The van der Waals surface area contributed by atoms with Crippen LogP contribution in [0.4, 0.5) is 0 Å². The van der Waals surface area contributed by atoms with Crippen LogP contribution in [0.3, 0.4) is 0 Å². The molecule has 1 unspecified atom stereocenters. The molecular weight excluding hydrogens is 216 g/mol. The van der Waals surface area contributed by atoms with E-state index in [2.05, 4.69) is 55.6 Å². The van der Waals surface area contributed by atoms with Gasteiger partial charge >= 0.3 is 0 Å². The summed E-state index contributed by atoms with van der Waals surface area (Å²) in [4.78, 5) is 0. The first-order valence-electron chi connectivity index (χ1n) is 6.23. The molecule has 0 heteroatoms. The molecule has 0 heterocycles. The van der Waals surface area contributed by atoms with Gasteiger partial charge in [-0.05, 0) is 23.1 Å². The van der Waals surface area contributed by atoms with Crippen LogP contribution in [0.2, 0.25) is 0 Å². The first-order valence-corrected chi connectivity index (χ1v) is 6.23. The van der Waals surface area contributed by atoms with Crippen molar-refractivity contribution in [1.29, 1.82) is 0 Å². The Kier molecular flexibility index (Phi) is 4.14. The van der Waals surface area contributed by atoms with Crippen LogP contribution in [0.25, 0.3) is 6.08 Å². The lowest BCUT2D eigenvalue weighted by Gasteiger charge is -2.15. The molecule has 0 spiro atoms. The molecule has 0 nitrogen and oxygen atoms in total. The molecule has 0 bridgehead atoms. The quantitative estimate of drug-likeness (QED) is 0.649. The number of rotatable bonds is 5. The number of allylic oxidation sites excluding steroid dienone is 1. The molecule has 0 N–H and O–H groups in total. The molecule has 18 heavy (non-hydrogen) atoms. The van der Waals surface area contributed by atoms with Gasteiger partial charge < -0.3 is 0 Å². The fourth-order valence-electron chi connectivity index (χ4n) is 2.22. The van der Waals surface area contributed by atoms with E-state index in [1.807, 2.05) is 24.3 Å². The van der Waals surface area contributed by atoms with E-state index < -0.39 is 0 Å². The van der Waals surface area contributed by atoms with Gasteiger partial charge in [0.25, 0.3) is 0 Å². The van der Waals surface area contributed by atoms with Crippen LogP contribution in [-0.2, 0) is 6.42 Å². The highest BCUT2D eigenvalue weighted by Gasteiger charge is 2.10. The lowest BCUT2D eigenvalue weighted by molar-refractivity contribution is 0.836. The van der Waals surface area contributed by atoms with Gasteiger partial charge in [0.1, 0.15) is 0 Å². The van der Waals surface area contributed by atoms with Gasteiger partial charge in [-0.25, -0.2) is 0 Å². The van der Waals surface area contributed by atoms with Crippen LogP contribution in [0.5, 0.6) is 0 Å². The second-order valence-electron chi connectivity index (χ2n) is 4.36. The normalized spacial score (nSPS) is 11.8. The molecule has 0 saturated heterocycles. The highest BCUT2D eigenvalue weighted by Crippen LogP contribution is 2.25. The Morgan fingerprint density at radius 2 is 1.56 bits per heavy atom. The molecule has 0 saturated carbocycles. The van der Waals surface area contributed by atoms with Crippen LogP contribution in [-0.4, -0.2) is 0 Å². The zero-order valence-corrected chi connectivity index (χ0v) is 10.5. The maximum Gasteiger partial charge on any atom is 0.00616 e. The van der Waals surface area contributed by atoms with Crippen molar-refractivity contribution in [2.75, 3.05) is 0 Å². The average Bonchev–Trinajstić information content (AvgIpc) is 2.46. The number of benzene rings is 2. The summed E-state index contributed by atoms with van der Waals surface area (Å²) >= 11 is 0. The van der Waals surface area contributed by atoms with Gasteiger partial charge in [0.2, 0.25) is 0 Å². The smallest absolute Gasteiger partial charge is 0.00616 e. The lowest BCUT2D eigenvalue weighted by atomic mass is 9.89. The Hall–Kier alpha value is -2.08. The summed E-state index contributed by atoms with van der Waals surface area (Å²) in [5, 5.41) is 0. The van der Waals surface area contributed by atoms with Crippen molar-refractivity contribution in [2.45, 2.75) is 12.3 Å². The second-order valence-corrected chi connectivity index (χ2v) is 4.36. The minimum absolute atomic E-state index is 0.335. The monoisotopic (exact) mass is 234 g/mol. The van der Waals surface area contributed by atoms with E-state index in [1.54, 1.807) is 0 Å². The van der Waals surface area contributed by atoms with Crippen molar-refractivity contribution in [1.82, 2.24) is 0 Å². The molecule has 0 radical (unpaired) electrons. The lowest BCUT2D eigenvalue weighted by Crippen LogP contribution is -2.01. The SMILES string of the molecule is C=Cc1ccccc1C(C=C)Cc1ccccc1. The van der Waals surface area contributed by atoms with Crippen molar-refractivity contribution in [3.05, 3.63) is 90.5 Å². The summed E-state index contributed by atoms with van der Waals surface area (Å²) in [5.74, 6) is 0.335. The molecule has 2 aromatic carbocycles. The Balaban J connectivity index is 2.28. The summed E-state index contributed by atoms with van der Waals surface area (Å²) in [7, 11) is 0. The summed E-state index contributed by atoms with van der Waals surface area (Å²) in [6.07, 6.45) is 4.92. The highest BCUT2D eigenvalue weighted by atomic mass is 14.1. The fraction of sp³-hybridized carbons (Fsp3) is 0.111. The first-order chi connectivity index (χ1) is 8.85. The topological polar surface area (TPSA) is 0 Å².